The van der Waals surface area contributed by atoms with E-state index in [9.17, 15) is 0 Å². The molecule has 0 amide bonds. The average Bonchev–Trinajstić information content (AvgIpc) is 3.15. The van der Waals surface area contributed by atoms with Gasteiger partial charge in [-0.25, -0.2) is 0 Å². The lowest BCUT2D eigenvalue weighted by Gasteiger charge is -2.57. The highest BCUT2D eigenvalue weighted by atomic mass is 15.2. The summed E-state index contributed by atoms with van der Waals surface area (Å²) in [5.41, 5.74) is 19.8. The molecular weight excluding hydrogens is 687 g/mol. The van der Waals surface area contributed by atoms with Crippen LogP contribution in [0.2, 0.25) is 0 Å². The number of hydrogen-bond donors (Lipinski definition) is 0. The van der Waals surface area contributed by atoms with Crippen LogP contribution in [-0.2, 0) is 28.1 Å². The molecule has 4 bridgehead atoms. The zero-order chi connectivity index (χ0) is 39.8. The Hall–Kier alpha value is -4.24. The van der Waals surface area contributed by atoms with Crippen LogP contribution < -0.4 is 26.2 Å². The highest BCUT2D eigenvalue weighted by Crippen LogP contribution is 2.62. The minimum Gasteiger partial charge on any atom is -0.311 e. The first-order valence-electron chi connectivity index (χ1n) is 22.3. The Morgan fingerprint density at radius 2 is 0.982 bits per heavy atom. The monoisotopic (exact) mass is 751 g/mol. The molecule has 5 aromatic rings. The van der Waals surface area contributed by atoms with Crippen LogP contribution in [0.3, 0.4) is 0 Å². The number of aryl methyl sites for hydroxylation is 1. The van der Waals surface area contributed by atoms with E-state index in [4.69, 9.17) is 0 Å². The van der Waals surface area contributed by atoms with E-state index in [1.165, 1.54) is 111 Å². The highest BCUT2D eigenvalue weighted by Gasteiger charge is 2.53. The second-order valence-corrected chi connectivity index (χ2v) is 22.1. The van der Waals surface area contributed by atoms with Gasteiger partial charge in [-0.05, 0) is 177 Å². The van der Waals surface area contributed by atoms with Crippen molar-refractivity contribution in [2.45, 2.75) is 136 Å². The Labute approximate surface area is 344 Å². The predicted octanol–water partition coefficient (Wildman–Crippen LogP) is 12.7. The fraction of sp³-hybridized carbons (Fsp3) is 0.444. The smallest absolute Gasteiger partial charge is 0.252 e. The molecule has 4 fully saturated rings. The van der Waals surface area contributed by atoms with Crippen LogP contribution in [0.5, 0.6) is 0 Å². The minimum atomic E-state index is 0.0236. The molecule has 0 spiro atoms. The molecule has 4 aliphatic carbocycles. The zero-order valence-corrected chi connectivity index (χ0v) is 36.4. The molecule has 11 rings (SSSR count). The van der Waals surface area contributed by atoms with Gasteiger partial charge in [0.2, 0.25) is 0 Å². The minimum absolute atomic E-state index is 0.0236. The van der Waals surface area contributed by atoms with Gasteiger partial charge < -0.3 is 9.80 Å². The van der Waals surface area contributed by atoms with E-state index in [2.05, 4.69) is 176 Å². The van der Waals surface area contributed by atoms with Gasteiger partial charge in [0.1, 0.15) is 0 Å². The molecule has 4 saturated carbocycles. The lowest BCUT2D eigenvalue weighted by atomic mass is 9.33. The first kappa shape index (κ1) is 37.1. The van der Waals surface area contributed by atoms with Gasteiger partial charge in [0.05, 0.1) is 0 Å². The molecule has 3 heteroatoms. The van der Waals surface area contributed by atoms with Crippen molar-refractivity contribution in [2.75, 3.05) is 9.80 Å². The van der Waals surface area contributed by atoms with Crippen molar-refractivity contribution in [3.8, 4) is 0 Å². The molecule has 0 N–H and O–H groups in total. The Kier molecular flexibility index (Phi) is 8.21. The van der Waals surface area contributed by atoms with Gasteiger partial charge in [0.25, 0.3) is 6.71 Å². The Morgan fingerprint density at radius 3 is 1.46 bits per heavy atom. The van der Waals surface area contributed by atoms with Crippen molar-refractivity contribution in [3.05, 3.63) is 125 Å². The van der Waals surface area contributed by atoms with Crippen molar-refractivity contribution >= 4 is 57.2 Å². The van der Waals surface area contributed by atoms with Gasteiger partial charge in [0, 0.05) is 34.1 Å². The van der Waals surface area contributed by atoms with Gasteiger partial charge in [-0.2, -0.15) is 0 Å². The standard InChI is InChI=1S/C54H63BN2/c1-11-34-18-20-44-46(25-34)56(42-16-12-14-38(26-42)51(2,3)4)48-29-41(54-31-35-22-36(32-54)24-37(23-35)33-54)30-49-50(48)55(44)45-21-19-40(53(8,9)10)28-47(45)57(49)43-17-13-15-39(27-43)52(5,6)7/h12-21,25-30,35-37H,11,22-24,31-33H2,1-10H3. The van der Waals surface area contributed by atoms with Crippen molar-refractivity contribution in [1.29, 1.82) is 0 Å². The summed E-state index contributed by atoms with van der Waals surface area (Å²) in [5, 5.41) is 0. The van der Waals surface area contributed by atoms with Crippen LogP contribution in [0.25, 0.3) is 0 Å². The quantitative estimate of drug-likeness (QED) is 0.165. The van der Waals surface area contributed by atoms with Crippen molar-refractivity contribution in [2.24, 2.45) is 17.8 Å². The first-order chi connectivity index (χ1) is 27.0. The van der Waals surface area contributed by atoms with Crippen LogP contribution in [0.15, 0.2) is 97.1 Å². The summed E-state index contributed by atoms with van der Waals surface area (Å²) in [6, 6.07) is 39.3. The van der Waals surface area contributed by atoms with Crippen molar-refractivity contribution < 1.29 is 0 Å². The highest BCUT2D eigenvalue weighted by molar-refractivity contribution is 7.00. The van der Waals surface area contributed by atoms with Crippen molar-refractivity contribution in [3.63, 3.8) is 0 Å². The summed E-state index contributed by atoms with van der Waals surface area (Å²) >= 11 is 0. The summed E-state index contributed by atoms with van der Waals surface area (Å²) in [6.07, 6.45) is 9.41. The summed E-state index contributed by atoms with van der Waals surface area (Å²) in [7, 11) is 0. The normalized spacial score (nSPS) is 23.4. The third-order valence-corrected chi connectivity index (χ3v) is 15.0. The second-order valence-electron chi connectivity index (χ2n) is 22.1. The lowest BCUT2D eigenvalue weighted by molar-refractivity contribution is -0.00514. The van der Waals surface area contributed by atoms with Crippen LogP contribution in [-0.4, -0.2) is 6.71 Å². The number of anilines is 6. The van der Waals surface area contributed by atoms with Crippen LogP contribution in [0.1, 0.15) is 136 Å². The maximum Gasteiger partial charge on any atom is 0.252 e. The van der Waals surface area contributed by atoms with Gasteiger partial charge in [-0.15, -0.1) is 0 Å². The zero-order valence-electron chi connectivity index (χ0n) is 36.4. The number of hydrogen-bond acceptors (Lipinski definition) is 2. The first-order valence-corrected chi connectivity index (χ1v) is 22.3. The SMILES string of the molecule is CCc1ccc2c(c1)N(c1cccc(C(C)(C)C)c1)c1cc(C34CC5CC(CC(C5)C3)C4)cc3c1B2c1ccc(C(C)(C)C)cc1N3c1cccc(C(C)(C)C)c1. The van der Waals surface area contributed by atoms with E-state index in [1.807, 2.05) is 0 Å². The summed E-state index contributed by atoms with van der Waals surface area (Å²) < 4.78 is 0. The van der Waals surface area contributed by atoms with Crippen molar-refractivity contribution in [1.82, 2.24) is 0 Å². The lowest BCUT2D eigenvalue weighted by Crippen LogP contribution is -2.61. The third-order valence-electron chi connectivity index (χ3n) is 15.0. The number of fused-ring (bicyclic) bond motifs is 4. The summed E-state index contributed by atoms with van der Waals surface area (Å²) in [6.45, 7) is 23.6. The molecule has 2 nitrogen and oxygen atoms in total. The average molecular weight is 751 g/mol. The molecule has 0 aromatic heterocycles. The topological polar surface area (TPSA) is 6.48 Å². The van der Waals surface area contributed by atoms with Crippen LogP contribution in [0.4, 0.5) is 34.1 Å². The molecule has 292 valence electrons. The Morgan fingerprint density at radius 1 is 0.526 bits per heavy atom. The van der Waals surface area contributed by atoms with E-state index < -0.39 is 0 Å². The second kappa shape index (κ2) is 12.6. The van der Waals surface area contributed by atoms with Crippen LogP contribution >= 0.6 is 0 Å². The summed E-state index contributed by atoms with van der Waals surface area (Å²) in [4.78, 5) is 5.40. The molecule has 57 heavy (non-hydrogen) atoms. The van der Waals surface area contributed by atoms with Gasteiger partial charge >= 0.3 is 0 Å². The van der Waals surface area contributed by atoms with Gasteiger partial charge in [-0.3, -0.25) is 0 Å². The Balaban J connectivity index is 1.32. The number of nitrogens with zero attached hydrogens (tertiary/aromatic N) is 2. The molecular formula is C54H63BN2. The van der Waals surface area contributed by atoms with E-state index in [0.717, 1.165) is 24.2 Å². The number of rotatable bonds is 4. The van der Waals surface area contributed by atoms with E-state index in [1.54, 1.807) is 5.56 Å². The maximum atomic E-state index is 2.73. The largest absolute Gasteiger partial charge is 0.311 e. The number of benzene rings is 5. The molecule has 0 atom stereocenters. The molecule has 0 unspecified atom stereocenters. The molecule has 5 aromatic carbocycles. The van der Waals surface area contributed by atoms with E-state index in [0.29, 0.717) is 0 Å². The van der Waals surface area contributed by atoms with Gasteiger partial charge in [0.15, 0.2) is 0 Å². The molecule has 6 aliphatic rings. The van der Waals surface area contributed by atoms with E-state index in [-0.39, 0.29) is 28.4 Å². The fourth-order valence-corrected chi connectivity index (χ4v) is 12.3. The molecule has 0 radical (unpaired) electrons. The third kappa shape index (κ3) is 5.95. The molecule has 0 saturated heterocycles. The predicted molar refractivity (Wildman–Crippen MR) is 246 cm³/mol. The molecule has 2 aliphatic heterocycles. The Bertz CT molecular complexity index is 2380. The summed E-state index contributed by atoms with van der Waals surface area (Å²) in [5.74, 6) is 2.62. The fourth-order valence-electron chi connectivity index (χ4n) is 12.3. The van der Waals surface area contributed by atoms with Gasteiger partial charge in [-0.1, -0.05) is 118 Å². The molecule has 2 heterocycles. The van der Waals surface area contributed by atoms with Crippen LogP contribution in [0, 0.1) is 17.8 Å². The van der Waals surface area contributed by atoms with E-state index >= 15 is 0 Å². The maximum absolute atomic E-state index is 2.73.